The second kappa shape index (κ2) is 14.1. The van der Waals surface area contributed by atoms with Crippen molar-refractivity contribution in [3.63, 3.8) is 0 Å². The lowest BCUT2D eigenvalue weighted by atomic mass is 10.2. The lowest BCUT2D eigenvalue weighted by Crippen LogP contribution is -2.39. The van der Waals surface area contributed by atoms with Crippen LogP contribution in [0.5, 0.6) is 0 Å². The molecule has 0 saturated heterocycles. The zero-order chi connectivity index (χ0) is 27.7. The summed E-state index contributed by atoms with van der Waals surface area (Å²) in [5, 5.41) is 0.393. The van der Waals surface area contributed by atoms with Gasteiger partial charge in [-0.2, -0.15) is 4.31 Å². The van der Waals surface area contributed by atoms with E-state index >= 15 is 0 Å². The van der Waals surface area contributed by atoms with E-state index in [4.69, 9.17) is 9.47 Å². The Hall–Kier alpha value is -2.48. The highest BCUT2D eigenvalue weighted by molar-refractivity contribution is 7.89. The molecule has 3 aromatic rings. The molecule has 2 aromatic carbocycles. The van der Waals surface area contributed by atoms with E-state index in [1.54, 1.807) is 12.1 Å². The third-order valence-electron chi connectivity index (χ3n) is 6.20. The lowest BCUT2D eigenvalue weighted by molar-refractivity contribution is 0.0983. The highest BCUT2D eigenvalue weighted by Crippen LogP contribution is 2.31. The van der Waals surface area contributed by atoms with Crippen LogP contribution in [-0.2, 0) is 19.5 Å². The summed E-state index contributed by atoms with van der Waals surface area (Å²) in [6, 6.07) is 10.6. The fourth-order valence-corrected chi connectivity index (χ4v) is 6.31. The Bertz CT molecular complexity index is 1290. The average Bonchev–Trinajstić information content (AvgIpc) is 3.36. The third kappa shape index (κ3) is 7.13. The molecule has 0 radical (unpaired) electrons. The van der Waals surface area contributed by atoms with Gasteiger partial charge in [-0.05, 0) is 49.5 Å². The van der Waals surface area contributed by atoms with E-state index in [2.05, 4.69) is 9.88 Å². The number of thiazole rings is 1. The molecule has 0 fully saturated rings. The minimum Gasteiger partial charge on any atom is -0.383 e. The number of methoxy groups -OCH3 is 2. The van der Waals surface area contributed by atoms with Crippen molar-refractivity contribution < 1.29 is 27.1 Å². The number of amides is 1. The van der Waals surface area contributed by atoms with E-state index in [1.807, 2.05) is 13.8 Å². The van der Waals surface area contributed by atoms with Crippen molar-refractivity contribution in [2.45, 2.75) is 18.7 Å². The van der Waals surface area contributed by atoms with Gasteiger partial charge in [-0.3, -0.25) is 9.69 Å². The molecule has 3 rings (SSSR count). The van der Waals surface area contributed by atoms with Crippen molar-refractivity contribution in [3.8, 4) is 0 Å². The molecule has 0 N–H and O–H groups in total. The Balaban J connectivity index is 1.91. The van der Waals surface area contributed by atoms with Gasteiger partial charge in [-0.15, -0.1) is 0 Å². The lowest BCUT2D eigenvalue weighted by Gasteiger charge is -2.25. The van der Waals surface area contributed by atoms with E-state index in [0.29, 0.717) is 28.5 Å². The molecule has 38 heavy (non-hydrogen) atoms. The monoisotopic (exact) mass is 566 g/mol. The number of sulfonamides is 1. The first-order valence-electron chi connectivity index (χ1n) is 12.4. The van der Waals surface area contributed by atoms with Crippen molar-refractivity contribution in [3.05, 3.63) is 53.8 Å². The third-order valence-corrected chi connectivity index (χ3v) is 9.15. The van der Waals surface area contributed by atoms with Crippen LogP contribution in [0.3, 0.4) is 0 Å². The molecule has 1 heterocycles. The molecule has 1 aromatic heterocycles. The summed E-state index contributed by atoms with van der Waals surface area (Å²) < 4.78 is 52.9. The van der Waals surface area contributed by atoms with Crippen LogP contribution < -0.4 is 4.90 Å². The number of ether oxygens (including phenoxy) is 2. The molecule has 9 nitrogen and oxygen atoms in total. The molecule has 12 heteroatoms. The maximum absolute atomic E-state index is 14.3. The molecule has 0 aliphatic heterocycles. The first-order chi connectivity index (χ1) is 18.3. The van der Waals surface area contributed by atoms with E-state index in [-0.39, 0.29) is 42.6 Å². The fourth-order valence-electron chi connectivity index (χ4n) is 3.90. The minimum absolute atomic E-state index is 0.0676. The maximum atomic E-state index is 14.3. The summed E-state index contributed by atoms with van der Waals surface area (Å²) in [6.07, 6.45) is 0. The van der Waals surface area contributed by atoms with Crippen molar-refractivity contribution >= 4 is 42.6 Å². The van der Waals surface area contributed by atoms with Crippen LogP contribution in [0.2, 0.25) is 0 Å². The van der Waals surface area contributed by atoms with E-state index in [1.165, 1.54) is 65.1 Å². The fraction of sp³-hybridized carbons (Fsp3) is 0.462. The van der Waals surface area contributed by atoms with Gasteiger partial charge < -0.3 is 14.4 Å². The van der Waals surface area contributed by atoms with Crippen LogP contribution in [0, 0.1) is 5.82 Å². The summed E-state index contributed by atoms with van der Waals surface area (Å²) in [5.41, 5.74) is 0.533. The van der Waals surface area contributed by atoms with Gasteiger partial charge in [0.15, 0.2) is 5.13 Å². The Morgan fingerprint density at radius 1 is 0.947 bits per heavy atom. The van der Waals surface area contributed by atoms with Gasteiger partial charge >= 0.3 is 0 Å². The summed E-state index contributed by atoms with van der Waals surface area (Å²) >= 11 is 1.25. The highest BCUT2D eigenvalue weighted by Gasteiger charge is 2.26. The number of anilines is 1. The zero-order valence-electron chi connectivity index (χ0n) is 22.2. The number of aromatic nitrogens is 1. The molecular weight excluding hydrogens is 531 g/mol. The SMILES string of the molecule is CCN(CC)CCN(C(=O)c1ccc(S(=O)(=O)N(CCOC)CCOC)cc1)c1nc2c(F)cccc2s1. The number of benzene rings is 2. The van der Waals surface area contributed by atoms with Crippen molar-refractivity contribution in [2.75, 3.05) is 71.6 Å². The molecule has 208 valence electrons. The van der Waals surface area contributed by atoms with Crippen molar-refractivity contribution in [2.24, 2.45) is 0 Å². The van der Waals surface area contributed by atoms with Crippen molar-refractivity contribution in [1.29, 1.82) is 0 Å². The molecular formula is C26H35FN4O5S2. The van der Waals surface area contributed by atoms with Crippen LogP contribution in [0.25, 0.3) is 10.2 Å². The van der Waals surface area contributed by atoms with Gasteiger partial charge in [0.1, 0.15) is 11.3 Å². The largest absolute Gasteiger partial charge is 0.383 e. The molecule has 0 spiro atoms. The first-order valence-corrected chi connectivity index (χ1v) is 14.7. The maximum Gasteiger partial charge on any atom is 0.260 e. The number of para-hydroxylation sites is 1. The predicted molar refractivity (Wildman–Crippen MR) is 148 cm³/mol. The first kappa shape index (κ1) is 30.1. The summed E-state index contributed by atoms with van der Waals surface area (Å²) in [6.45, 7) is 7.53. The van der Waals surface area contributed by atoms with Crippen LogP contribution in [0.15, 0.2) is 47.4 Å². The number of rotatable bonds is 15. The molecule has 0 aliphatic carbocycles. The molecule has 1 amide bonds. The number of likely N-dealkylation sites (N-methyl/N-ethyl adjacent to an activating group) is 1. The van der Waals surface area contributed by atoms with Gasteiger partial charge in [-0.25, -0.2) is 17.8 Å². The van der Waals surface area contributed by atoms with Gasteiger partial charge in [0, 0.05) is 46.0 Å². The number of nitrogens with zero attached hydrogens (tertiary/aromatic N) is 4. The number of hydrogen-bond acceptors (Lipinski definition) is 8. The second-order valence-corrected chi connectivity index (χ2v) is 11.4. The van der Waals surface area contributed by atoms with E-state index in [9.17, 15) is 17.6 Å². The Kier molecular flexibility index (Phi) is 11.1. The number of halogens is 1. The smallest absolute Gasteiger partial charge is 0.260 e. The summed E-state index contributed by atoms with van der Waals surface area (Å²) in [5.74, 6) is -0.779. The van der Waals surface area contributed by atoms with Crippen LogP contribution >= 0.6 is 11.3 Å². The van der Waals surface area contributed by atoms with Crippen LogP contribution in [-0.4, -0.2) is 95.2 Å². The standard InChI is InChI=1S/C26H35FN4O5S2/c1-5-29(6-2)14-15-31(26-28-24-22(27)8-7-9-23(24)37-26)25(32)20-10-12-21(13-11-20)38(33,34)30(16-18-35-3)17-19-36-4/h7-13H,5-6,14-19H2,1-4H3. The van der Waals surface area contributed by atoms with Crippen molar-refractivity contribution in [1.82, 2.24) is 14.2 Å². The van der Waals surface area contributed by atoms with Gasteiger partial charge in [0.05, 0.1) is 22.8 Å². The summed E-state index contributed by atoms with van der Waals surface area (Å²) in [4.78, 5) is 21.9. The summed E-state index contributed by atoms with van der Waals surface area (Å²) in [7, 11) is -0.806. The van der Waals surface area contributed by atoms with Crippen LogP contribution in [0.4, 0.5) is 9.52 Å². The molecule has 0 unspecified atom stereocenters. The van der Waals surface area contributed by atoms with Gasteiger partial charge in [-0.1, -0.05) is 31.3 Å². The Morgan fingerprint density at radius 2 is 1.58 bits per heavy atom. The number of hydrogen-bond donors (Lipinski definition) is 0. The Morgan fingerprint density at radius 3 is 2.13 bits per heavy atom. The average molecular weight is 567 g/mol. The zero-order valence-corrected chi connectivity index (χ0v) is 23.9. The second-order valence-electron chi connectivity index (χ2n) is 8.48. The van der Waals surface area contributed by atoms with E-state index in [0.717, 1.165) is 13.1 Å². The topological polar surface area (TPSA) is 92.3 Å². The van der Waals surface area contributed by atoms with Crippen LogP contribution in [0.1, 0.15) is 24.2 Å². The quantitative estimate of drug-likeness (QED) is 0.277. The predicted octanol–water partition coefficient (Wildman–Crippen LogP) is 3.71. The highest BCUT2D eigenvalue weighted by atomic mass is 32.2. The molecule has 0 aliphatic rings. The van der Waals surface area contributed by atoms with Gasteiger partial charge in [0.2, 0.25) is 10.0 Å². The molecule has 0 bridgehead atoms. The minimum atomic E-state index is -3.82. The Labute approximate surface area is 227 Å². The van der Waals surface area contributed by atoms with Gasteiger partial charge in [0.25, 0.3) is 5.91 Å². The number of carbonyl (C=O) groups excluding carboxylic acids is 1. The van der Waals surface area contributed by atoms with E-state index < -0.39 is 15.8 Å². The molecule has 0 saturated carbocycles. The normalized spacial score (nSPS) is 12.1. The number of carbonyl (C=O) groups is 1. The molecule has 0 atom stereocenters. The number of fused-ring (bicyclic) bond motifs is 1.